The zero-order valence-electron chi connectivity index (χ0n) is 16.0. The summed E-state index contributed by atoms with van der Waals surface area (Å²) in [7, 11) is 0. The summed E-state index contributed by atoms with van der Waals surface area (Å²) >= 11 is 0. The lowest BCUT2D eigenvalue weighted by Gasteiger charge is -2.23. The van der Waals surface area contributed by atoms with E-state index in [1.165, 1.54) is 35.8 Å². The Labute approximate surface area is 175 Å². The summed E-state index contributed by atoms with van der Waals surface area (Å²) in [4.78, 5) is 38.5. The molecule has 0 saturated carbocycles. The average Bonchev–Trinajstić information content (AvgIpc) is 3.52. The highest BCUT2D eigenvalue weighted by molar-refractivity contribution is 6.51. The van der Waals surface area contributed by atoms with Crippen molar-refractivity contribution in [2.45, 2.75) is 12.6 Å². The van der Waals surface area contributed by atoms with E-state index in [2.05, 4.69) is 15.0 Å². The lowest BCUT2D eigenvalue weighted by molar-refractivity contribution is -0.132. The Kier molecular flexibility index (Phi) is 4.37. The van der Waals surface area contributed by atoms with Crippen LogP contribution in [0.5, 0.6) is 0 Å². The van der Waals surface area contributed by atoms with Gasteiger partial charge in [0.25, 0.3) is 11.7 Å². The first-order valence-electron chi connectivity index (χ1n) is 9.42. The minimum Gasteiger partial charge on any atom is -0.507 e. The normalized spacial score (nSPS) is 18.2. The maximum Gasteiger partial charge on any atom is 0.300 e. The number of rotatable bonds is 4. The first-order valence-corrected chi connectivity index (χ1v) is 9.42. The number of Topliss-reactive ketones (excluding diaryl/α,β-unsaturated/α-hetero) is 1. The van der Waals surface area contributed by atoms with Gasteiger partial charge < -0.3 is 19.6 Å². The molecule has 1 unspecified atom stereocenters. The van der Waals surface area contributed by atoms with E-state index in [0.29, 0.717) is 22.3 Å². The SMILES string of the molecule is O=C1C(=O)N(c2ccc3nc[nH]c3c2)C(c2ccc(CO)o2)C1=C(O)c1ccncc1. The van der Waals surface area contributed by atoms with Crippen molar-refractivity contribution in [3.05, 3.63) is 83.8 Å². The van der Waals surface area contributed by atoms with Gasteiger partial charge in [-0.2, -0.15) is 0 Å². The highest BCUT2D eigenvalue weighted by Crippen LogP contribution is 2.43. The standard InChI is InChI=1S/C22H16N4O5/c27-10-14-2-4-17(31-14)19-18(20(28)12-5-7-23-8-6-12)21(29)22(30)26(19)13-1-3-15-16(9-13)25-11-24-15/h1-9,11,19,27-28H,10H2,(H,24,25). The molecule has 0 spiro atoms. The van der Waals surface area contributed by atoms with Crippen molar-refractivity contribution in [3.8, 4) is 0 Å². The maximum atomic E-state index is 13.1. The fourth-order valence-electron chi connectivity index (χ4n) is 3.73. The lowest BCUT2D eigenvalue weighted by atomic mass is 9.99. The van der Waals surface area contributed by atoms with Crippen LogP contribution in [0.2, 0.25) is 0 Å². The van der Waals surface area contributed by atoms with Gasteiger partial charge in [0.05, 0.1) is 22.9 Å². The summed E-state index contributed by atoms with van der Waals surface area (Å²) < 4.78 is 5.68. The molecule has 0 radical (unpaired) electrons. The van der Waals surface area contributed by atoms with E-state index in [4.69, 9.17) is 4.42 Å². The number of aliphatic hydroxyl groups is 2. The molecule has 4 heterocycles. The summed E-state index contributed by atoms with van der Waals surface area (Å²) in [6.07, 6.45) is 4.48. The van der Waals surface area contributed by atoms with Gasteiger partial charge >= 0.3 is 0 Å². The second-order valence-corrected chi connectivity index (χ2v) is 6.97. The quantitative estimate of drug-likeness (QED) is 0.265. The highest BCUT2D eigenvalue weighted by atomic mass is 16.4. The number of amides is 1. The van der Waals surface area contributed by atoms with Crippen molar-refractivity contribution in [1.82, 2.24) is 15.0 Å². The number of ketones is 1. The molecule has 1 amide bonds. The Morgan fingerprint density at radius 3 is 2.68 bits per heavy atom. The second-order valence-electron chi connectivity index (χ2n) is 6.97. The third-order valence-electron chi connectivity index (χ3n) is 5.19. The molecule has 0 bridgehead atoms. The Morgan fingerprint density at radius 2 is 1.94 bits per heavy atom. The van der Waals surface area contributed by atoms with Crippen molar-refractivity contribution < 1.29 is 24.2 Å². The largest absolute Gasteiger partial charge is 0.507 e. The molecule has 9 nitrogen and oxygen atoms in total. The summed E-state index contributed by atoms with van der Waals surface area (Å²) in [5.74, 6) is -1.47. The van der Waals surface area contributed by atoms with E-state index in [-0.39, 0.29) is 29.5 Å². The Hall–Kier alpha value is -4.24. The number of carbonyl (C=O) groups is 2. The molecule has 1 fully saturated rings. The number of furan rings is 1. The number of hydrogen-bond donors (Lipinski definition) is 3. The molecule has 4 aromatic rings. The summed E-state index contributed by atoms with van der Waals surface area (Å²) in [6.45, 7) is -0.343. The maximum absolute atomic E-state index is 13.1. The van der Waals surface area contributed by atoms with Crippen molar-refractivity contribution in [1.29, 1.82) is 0 Å². The van der Waals surface area contributed by atoms with Gasteiger partial charge in [0.1, 0.15) is 29.9 Å². The van der Waals surface area contributed by atoms with Crippen molar-refractivity contribution >= 4 is 34.2 Å². The number of aliphatic hydroxyl groups excluding tert-OH is 2. The minimum atomic E-state index is -1.02. The van der Waals surface area contributed by atoms with Gasteiger partial charge in [-0.3, -0.25) is 19.5 Å². The molecule has 0 aliphatic carbocycles. The van der Waals surface area contributed by atoms with Crippen LogP contribution in [0.1, 0.15) is 23.1 Å². The van der Waals surface area contributed by atoms with Gasteiger partial charge in [0.2, 0.25) is 0 Å². The molecular weight excluding hydrogens is 400 g/mol. The third-order valence-corrected chi connectivity index (χ3v) is 5.19. The first kappa shape index (κ1) is 18.8. The van der Waals surface area contributed by atoms with Crippen molar-refractivity contribution in [2.24, 2.45) is 0 Å². The van der Waals surface area contributed by atoms with Crippen LogP contribution in [0, 0.1) is 0 Å². The number of fused-ring (bicyclic) bond motifs is 1. The van der Waals surface area contributed by atoms with Crippen LogP contribution in [-0.2, 0) is 16.2 Å². The molecular formula is C22H16N4O5. The highest BCUT2D eigenvalue weighted by Gasteiger charge is 2.48. The summed E-state index contributed by atoms with van der Waals surface area (Å²) in [5.41, 5.74) is 2.05. The van der Waals surface area contributed by atoms with E-state index in [0.717, 1.165) is 0 Å². The molecule has 1 aliphatic rings. The number of H-pyrrole nitrogens is 1. The van der Waals surface area contributed by atoms with E-state index >= 15 is 0 Å². The third kappa shape index (κ3) is 2.99. The number of imidazole rings is 1. The van der Waals surface area contributed by atoms with Gasteiger partial charge in [0, 0.05) is 23.6 Å². The van der Waals surface area contributed by atoms with Crippen LogP contribution in [-0.4, -0.2) is 36.9 Å². The van der Waals surface area contributed by atoms with Crippen molar-refractivity contribution in [3.63, 3.8) is 0 Å². The molecule has 3 N–H and O–H groups in total. The molecule has 1 aliphatic heterocycles. The number of benzene rings is 1. The number of anilines is 1. The number of pyridine rings is 1. The fraction of sp³-hybridized carbons (Fsp3) is 0.0909. The number of nitrogens with zero attached hydrogens (tertiary/aromatic N) is 3. The van der Waals surface area contributed by atoms with Gasteiger partial charge in [0.15, 0.2) is 0 Å². The lowest BCUT2D eigenvalue weighted by Crippen LogP contribution is -2.29. The molecule has 154 valence electrons. The van der Waals surface area contributed by atoms with Crippen LogP contribution in [0.4, 0.5) is 5.69 Å². The van der Waals surface area contributed by atoms with Crippen LogP contribution >= 0.6 is 0 Å². The average molecular weight is 416 g/mol. The van der Waals surface area contributed by atoms with Crippen molar-refractivity contribution in [2.75, 3.05) is 4.90 Å². The zero-order chi connectivity index (χ0) is 21.5. The van der Waals surface area contributed by atoms with Gasteiger partial charge in [-0.1, -0.05) is 0 Å². The zero-order valence-corrected chi connectivity index (χ0v) is 16.0. The molecule has 1 saturated heterocycles. The number of carbonyl (C=O) groups excluding carboxylic acids is 2. The first-order chi connectivity index (χ1) is 15.1. The van der Waals surface area contributed by atoms with E-state index in [1.807, 2.05) is 0 Å². The monoisotopic (exact) mass is 416 g/mol. The van der Waals surface area contributed by atoms with Crippen LogP contribution in [0.15, 0.2) is 71.2 Å². The smallest absolute Gasteiger partial charge is 0.300 e. The van der Waals surface area contributed by atoms with Crippen LogP contribution < -0.4 is 4.90 Å². The number of aromatic amines is 1. The van der Waals surface area contributed by atoms with E-state index in [1.54, 1.807) is 30.3 Å². The topological polar surface area (TPSA) is 133 Å². The van der Waals surface area contributed by atoms with Gasteiger partial charge in [-0.25, -0.2) is 4.98 Å². The molecule has 5 rings (SSSR count). The second kappa shape index (κ2) is 7.22. The predicted molar refractivity (Wildman–Crippen MR) is 110 cm³/mol. The van der Waals surface area contributed by atoms with E-state index in [9.17, 15) is 19.8 Å². The molecule has 3 aromatic heterocycles. The molecule has 9 heteroatoms. The Morgan fingerprint density at radius 1 is 1.13 bits per heavy atom. The van der Waals surface area contributed by atoms with Gasteiger partial charge in [-0.05, 0) is 42.5 Å². The Balaban J connectivity index is 1.73. The van der Waals surface area contributed by atoms with Gasteiger partial charge in [-0.15, -0.1) is 0 Å². The predicted octanol–water partition coefficient (Wildman–Crippen LogP) is 2.67. The summed E-state index contributed by atoms with van der Waals surface area (Å²) in [5, 5.41) is 20.4. The van der Waals surface area contributed by atoms with Crippen LogP contribution in [0.3, 0.4) is 0 Å². The number of aromatic nitrogens is 3. The molecule has 1 atom stereocenters. The molecule has 1 aromatic carbocycles. The minimum absolute atomic E-state index is 0.111. The molecule has 31 heavy (non-hydrogen) atoms. The van der Waals surface area contributed by atoms with Crippen LogP contribution in [0.25, 0.3) is 16.8 Å². The van der Waals surface area contributed by atoms with E-state index < -0.39 is 17.7 Å². The fourth-order valence-corrected chi connectivity index (χ4v) is 3.73. The summed E-state index contributed by atoms with van der Waals surface area (Å²) in [6, 6.07) is 10.3. The number of hydrogen-bond acceptors (Lipinski definition) is 7. The number of nitrogens with one attached hydrogen (secondary N) is 1. The Bertz CT molecular complexity index is 1340.